The molecule has 0 radical (unpaired) electrons. The third-order valence-electron chi connectivity index (χ3n) is 3.97. The lowest BCUT2D eigenvalue weighted by molar-refractivity contribution is -0.139. The monoisotopic (exact) mass is 402 g/mol. The molecule has 0 spiro atoms. The number of hydrogen-bond acceptors (Lipinski definition) is 3. The van der Waals surface area contributed by atoms with Crippen molar-refractivity contribution in [1.29, 1.82) is 0 Å². The lowest BCUT2D eigenvalue weighted by atomic mass is 10.1. The first-order valence-electron chi connectivity index (χ1n) is 8.50. The largest absolute Gasteiger partial charge is 0.489 e. The van der Waals surface area contributed by atoms with Crippen LogP contribution in [-0.2, 0) is 12.8 Å². The molecule has 0 bridgehead atoms. The first-order valence-corrected chi connectivity index (χ1v) is 9.31. The Morgan fingerprint density at radius 2 is 1.71 bits per heavy atom. The summed E-state index contributed by atoms with van der Waals surface area (Å²) in [5, 5.41) is 0. The minimum Gasteiger partial charge on any atom is -0.489 e. The molecule has 0 aliphatic carbocycles. The van der Waals surface area contributed by atoms with Gasteiger partial charge in [-0.3, -0.25) is 4.79 Å². The van der Waals surface area contributed by atoms with Crippen LogP contribution in [0.2, 0.25) is 0 Å². The molecule has 0 amide bonds. The summed E-state index contributed by atoms with van der Waals surface area (Å²) in [6.45, 7) is 1.62. The Morgan fingerprint density at radius 1 is 0.964 bits per heavy atom. The van der Waals surface area contributed by atoms with Crippen LogP contribution >= 0.6 is 11.8 Å². The first-order chi connectivity index (χ1) is 13.3. The highest BCUT2D eigenvalue weighted by atomic mass is 32.2. The summed E-state index contributed by atoms with van der Waals surface area (Å²) in [6.07, 6.45) is -4.55. The molecule has 28 heavy (non-hydrogen) atoms. The summed E-state index contributed by atoms with van der Waals surface area (Å²) in [4.78, 5) is 12.1. The maximum atomic E-state index is 13.4. The molecule has 3 aromatic rings. The smallest absolute Gasteiger partial charge is 0.417 e. The number of ether oxygens (including phenoxy) is 1. The van der Waals surface area contributed by atoms with Crippen LogP contribution in [0.5, 0.6) is 5.75 Å². The highest BCUT2D eigenvalue weighted by molar-refractivity contribution is 7.99. The van der Waals surface area contributed by atoms with Crippen molar-refractivity contribution in [3.63, 3.8) is 0 Å². The molecule has 0 saturated heterocycles. The maximum absolute atomic E-state index is 13.4. The second kappa shape index (κ2) is 8.52. The van der Waals surface area contributed by atoms with Crippen molar-refractivity contribution in [3.05, 3.63) is 89.5 Å². The number of carbonyl (C=O) groups excluding carboxylic acids is 1. The summed E-state index contributed by atoms with van der Waals surface area (Å²) in [7, 11) is 0. The number of hydrogen-bond donors (Lipinski definition) is 0. The molecule has 0 aromatic heterocycles. The molecule has 0 atom stereocenters. The van der Waals surface area contributed by atoms with Crippen LogP contribution in [0, 0.1) is 0 Å². The molecule has 3 aromatic carbocycles. The minimum absolute atomic E-state index is 0.0385. The van der Waals surface area contributed by atoms with E-state index in [0.717, 1.165) is 23.4 Å². The molecule has 0 N–H and O–H groups in total. The van der Waals surface area contributed by atoms with Gasteiger partial charge >= 0.3 is 6.18 Å². The summed E-state index contributed by atoms with van der Waals surface area (Å²) >= 11 is 0.986. The zero-order valence-corrected chi connectivity index (χ0v) is 15.8. The summed E-state index contributed by atoms with van der Waals surface area (Å²) < 4.78 is 46.0. The average molecular weight is 402 g/mol. The Kier molecular flexibility index (Phi) is 6.09. The second-order valence-corrected chi connectivity index (χ2v) is 7.23. The highest BCUT2D eigenvalue weighted by Gasteiger charge is 2.34. The molecule has 0 unspecified atom stereocenters. The molecule has 0 aliphatic heterocycles. The van der Waals surface area contributed by atoms with E-state index in [4.69, 9.17) is 4.74 Å². The van der Waals surface area contributed by atoms with Gasteiger partial charge in [0.25, 0.3) is 0 Å². The van der Waals surface area contributed by atoms with Crippen molar-refractivity contribution in [2.45, 2.75) is 29.5 Å². The second-order valence-electron chi connectivity index (χ2n) is 6.12. The maximum Gasteiger partial charge on any atom is 0.417 e. The number of rotatable bonds is 6. The van der Waals surface area contributed by atoms with Crippen LogP contribution in [0.4, 0.5) is 13.2 Å². The van der Waals surface area contributed by atoms with Crippen LogP contribution in [-0.4, -0.2) is 5.78 Å². The Hall–Kier alpha value is -2.73. The number of ketones is 1. The standard InChI is InChI=1S/C22H17F3O2S/c1-15(26)17-10-11-21(20(12-17)22(23,24)25)28-19-9-5-8-18(13-19)27-14-16-6-3-2-4-7-16/h2-13H,14H2,1H3. The molecular weight excluding hydrogens is 385 g/mol. The Bertz CT molecular complexity index is 969. The fourth-order valence-corrected chi connectivity index (χ4v) is 3.55. The zero-order chi connectivity index (χ0) is 20.1. The van der Waals surface area contributed by atoms with Gasteiger partial charge in [0.1, 0.15) is 12.4 Å². The quantitative estimate of drug-likeness (QED) is 0.433. The lowest BCUT2D eigenvalue weighted by Crippen LogP contribution is -2.08. The minimum atomic E-state index is -4.55. The third-order valence-corrected chi connectivity index (χ3v) is 5.04. The number of benzene rings is 3. The molecule has 0 aliphatic rings. The van der Waals surface area contributed by atoms with Gasteiger partial charge in [0, 0.05) is 15.4 Å². The predicted octanol–water partition coefficient (Wildman–Crippen LogP) is 6.64. The van der Waals surface area contributed by atoms with E-state index in [1.54, 1.807) is 24.3 Å². The van der Waals surface area contributed by atoms with E-state index >= 15 is 0 Å². The van der Waals surface area contributed by atoms with Gasteiger partial charge in [-0.2, -0.15) is 13.2 Å². The van der Waals surface area contributed by atoms with E-state index in [-0.39, 0.29) is 10.5 Å². The molecule has 0 heterocycles. The van der Waals surface area contributed by atoms with Crippen molar-refractivity contribution in [3.8, 4) is 5.75 Å². The van der Waals surface area contributed by atoms with E-state index in [1.807, 2.05) is 30.3 Å². The Morgan fingerprint density at radius 3 is 2.39 bits per heavy atom. The van der Waals surface area contributed by atoms with Gasteiger partial charge in [0.15, 0.2) is 5.78 Å². The SMILES string of the molecule is CC(=O)c1ccc(Sc2cccc(OCc3ccccc3)c2)c(C(F)(F)F)c1. The average Bonchev–Trinajstić information content (AvgIpc) is 2.67. The summed E-state index contributed by atoms with van der Waals surface area (Å²) in [5.41, 5.74) is 0.220. The molecule has 3 rings (SSSR count). The van der Waals surface area contributed by atoms with Crippen molar-refractivity contribution < 1.29 is 22.7 Å². The third kappa shape index (κ3) is 5.16. The van der Waals surface area contributed by atoms with Gasteiger partial charge in [-0.05, 0) is 42.8 Å². The van der Waals surface area contributed by atoms with Crippen LogP contribution in [0.15, 0.2) is 82.6 Å². The molecule has 0 saturated carbocycles. The normalized spacial score (nSPS) is 11.3. The predicted molar refractivity (Wildman–Crippen MR) is 103 cm³/mol. The van der Waals surface area contributed by atoms with Gasteiger partial charge in [-0.25, -0.2) is 0 Å². The summed E-state index contributed by atoms with van der Waals surface area (Å²) in [6, 6.07) is 20.2. The lowest BCUT2D eigenvalue weighted by Gasteiger charge is -2.14. The number of alkyl halides is 3. The van der Waals surface area contributed by atoms with Gasteiger partial charge in [-0.15, -0.1) is 0 Å². The fraction of sp³-hybridized carbons (Fsp3) is 0.136. The zero-order valence-electron chi connectivity index (χ0n) is 15.0. The topological polar surface area (TPSA) is 26.3 Å². The number of Topliss-reactive ketones (excluding diaryl/α,β-unsaturated/α-hetero) is 1. The van der Waals surface area contributed by atoms with Crippen LogP contribution in [0.1, 0.15) is 28.4 Å². The van der Waals surface area contributed by atoms with Crippen LogP contribution in [0.3, 0.4) is 0 Å². The van der Waals surface area contributed by atoms with E-state index in [9.17, 15) is 18.0 Å². The summed E-state index contributed by atoms with van der Waals surface area (Å²) in [5.74, 6) is 0.168. The van der Waals surface area contributed by atoms with E-state index in [0.29, 0.717) is 17.3 Å². The van der Waals surface area contributed by atoms with Gasteiger partial charge in [0.05, 0.1) is 5.56 Å². The molecule has 2 nitrogen and oxygen atoms in total. The van der Waals surface area contributed by atoms with Gasteiger partial charge < -0.3 is 4.74 Å². The molecule has 144 valence electrons. The van der Waals surface area contributed by atoms with E-state index in [1.165, 1.54) is 19.1 Å². The number of halogens is 3. The van der Waals surface area contributed by atoms with E-state index in [2.05, 4.69) is 0 Å². The van der Waals surface area contributed by atoms with E-state index < -0.39 is 17.5 Å². The highest BCUT2D eigenvalue weighted by Crippen LogP contribution is 2.40. The van der Waals surface area contributed by atoms with Crippen molar-refractivity contribution in [2.24, 2.45) is 0 Å². The number of carbonyl (C=O) groups is 1. The van der Waals surface area contributed by atoms with Gasteiger partial charge in [0.2, 0.25) is 0 Å². The van der Waals surface area contributed by atoms with Crippen molar-refractivity contribution in [2.75, 3.05) is 0 Å². The fourth-order valence-electron chi connectivity index (χ4n) is 2.55. The Labute approximate surface area is 165 Å². The molecule has 0 fully saturated rings. The van der Waals surface area contributed by atoms with Crippen molar-refractivity contribution >= 4 is 17.5 Å². The van der Waals surface area contributed by atoms with Crippen molar-refractivity contribution in [1.82, 2.24) is 0 Å². The Balaban J connectivity index is 1.81. The van der Waals surface area contributed by atoms with Crippen LogP contribution in [0.25, 0.3) is 0 Å². The first kappa shape index (κ1) is 20.0. The van der Waals surface area contributed by atoms with Crippen LogP contribution < -0.4 is 4.74 Å². The molecule has 6 heteroatoms. The van der Waals surface area contributed by atoms with Gasteiger partial charge in [-0.1, -0.05) is 54.2 Å². The molecular formula is C22H17F3O2S.